The fraction of sp³-hybridized carbons (Fsp3) is 0.167. The molecule has 0 atom stereocenters. The molecule has 0 unspecified atom stereocenters. The van der Waals surface area contributed by atoms with E-state index in [4.69, 9.17) is 27.2 Å². The molecule has 28 heavy (non-hydrogen) atoms. The highest BCUT2D eigenvalue weighted by Gasteiger charge is 2.38. The topological polar surface area (TPSA) is 89.1 Å². The van der Waals surface area contributed by atoms with Crippen LogP contribution >= 0.6 is 11.6 Å². The SMILES string of the molecule is NCCc1cc(Cl)c2ccnnc2c1-c1cccc(F)c1.O=C(O)C(F)(F)F. The van der Waals surface area contributed by atoms with Crippen LogP contribution in [0.2, 0.25) is 5.02 Å². The fourth-order valence-corrected chi connectivity index (χ4v) is 2.77. The summed E-state index contributed by atoms with van der Waals surface area (Å²) >= 11 is 6.31. The van der Waals surface area contributed by atoms with Crippen molar-refractivity contribution in [2.45, 2.75) is 12.6 Å². The molecule has 3 rings (SSSR count). The Morgan fingerprint density at radius 3 is 2.46 bits per heavy atom. The lowest BCUT2D eigenvalue weighted by Crippen LogP contribution is -2.21. The summed E-state index contributed by atoms with van der Waals surface area (Å²) in [4.78, 5) is 8.90. The summed E-state index contributed by atoms with van der Waals surface area (Å²) in [6.07, 6.45) is -2.86. The van der Waals surface area contributed by atoms with Crippen molar-refractivity contribution in [2.24, 2.45) is 5.73 Å². The Morgan fingerprint density at radius 2 is 1.89 bits per heavy atom. The van der Waals surface area contributed by atoms with Crippen LogP contribution < -0.4 is 5.73 Å². The summed E-state index contributed by atoms with van der Waals surface area (Å²) < 4.78 is 45.3. The third kappa shape index (κ3) is 5.14. The Hall–Kier alpha value is -2.78. The molecule has 0 saturated carbocycles. The second-order valence-corrected chi connectivity index (χ2v) is 5.95. The van der Waals surface area contributed by atoms with Gasteiger partial charge in [-0.3, -0.25) is 0 Å². The number of hydrogen-bond donors (Lipinski definition) is 2. The molecule has 148 valence electrons. The number of nitrogens with zero attached hydrogens (tertiary/aromatic N) is 2. The Labute approximate surface area is 161 Å². The van der Waals surface area contributed by atoms with E-state index in [-0.39, 0.29) is 5.82 Å². The number of aliphatic carboxylic acids is 1. The number of halogens is 5. The van der Waals surface area contributed by atoms with Crippen molar-refractivity contribution in [3.05, 3.63) is 59.0 Å². The van der Waals surface area contributed by atoms with Gasteiger partial charge in [-0.2, -0.15) is 18.3 Å². The number of carboxylic acid groups (broad SMARTS) is 1. The van der Waals surface area contributed by atoms with E-state index in [1.807, 2.05) is 12.1 Å². The van der Waals surface area contributed by atoms with E-state index in [1.54, 1.807) is 18.3 Å². The van der Waals surface area contributed by atoms with E-state index >= 15 is 0 Å². The molecule has 0 fully saturated rings. The lowest BCUT2D eigenvalue weighted by atomic mass is 9.94. The maximum atomic E-state index is 13.6. The molecular weight excluding hydrogens is 402 g/mol. The van der Waals surface area contributed by atoms with Crippen LogP contribution in [-0.4, -0.2) is 34.0 Å². The van der Waals surface area contributed by atoms with Crippen LogP contribution in [0.15, 0.2) is 42.6 Å². The number of nitrogens with two attached hydrogens (primary N) is 1. The predicted octanol–water partition coefficient (Wildman–Crippen LogP) is 4.22. The molecule has 3 aromatic rings. The number of carboxylic acids is 1. The van der Waals surface area contributed by atoms with Crippen molar-refractivity contribution in [1.29, 1.82) is 0 Å². The molecule has 5 nitrogen and oxygen atoms in total. The Balaban J connectivity index is 0.000000345. The van der Waals surface area contributed by atoms with Gasteiger partial charge in [-0.15, -0.1) is 5.10 Å². The predicted molar refractivity (Wildman–Crippen MR) is 96.4 cm³/mol. The summed E-state index contributed by atoms with van der Waals surface area (Å²) in [5.74, 6) is -3.05. The molecule has 1 heterocycles. The van der Waals surface area contributed by atoms with Crippen LogP contribution in [-0.2, 0) is 11.2 Å². The van der Waals surface area contributed by atoms with E-state index in [2.05, 4.69) is 10.2 Å². The molecule has 2 aromatic carbocycles. The van der Waals surface area contributed by atoms with Gasteiger partial charge in [-0.05, 0) is 48.4 Å². The third-order valence-electron chi connectivity index (χ3n) is 3.61. The highest BCUT2D eigenvalue weighted by molar-refractivity contribution is 6.36. The molecule has 0 radical (unpaired) electrons. The zero-order valence-corrected chi connectivity index (χ0v) is 14.9. The smallest absolute Gasteiger partial charge is 0.475 e. The van der Waals surface area contributed by atoms with E-state index in [0.717, 1.165) is 22.1 Å². The van der Waals surface area contributed by atoms with Crippen LogP contribution in [0.4, 0.5) is 17.6 Å². The number of aromatic nitrogens is 2. The van der Waals surface area contributed by atoms with Crippen LogP contribution in [0.25, 0.3) is 22.0 Å². The molecule has 1 aromatic heterocycles. The van der Waals surface area contributed by atoms with Crippen molar-refractivity contribution >= 4 is 28.5 Å². The minimum atomic E-state index is -5.08. The molecular formula is C18H14ClF4N3O2. The van der Waals surface area contributed by atoms with Crippen molar-refractivity contribution in [1.82, 2.24) is 10.2 Å². The van der Waals surface area contributed by atoms with E-state index in [1.165, 1.54) is 12.1 Å². The maximum absolute atomic E-state index is 13.6. The van der Waals surface area contributed by atoms with Crippen molar-refractivity contribution < 1.29 is 27.5 Å². The first-order valence-corrected chi connectivity index (χ1v) is 8.21. The highest BCUT2D eigenvalue weighted by Crippen LogP contribution is 2.35. The number of alkyl halides is 3. The molecule has 0 spiro atoms. The standard InChI is InChI=1S/C16H13ClFN3.C2HF3O2/c17-14-9-11(4-6-19)15(10-2-1-3-12(18)8-10)16-13(14)5-7-20-21-16;3-2(4,5)1(6)7/h1-3,5,7-9H,4,6,19H2;(H,6,7). The van der Waals surface area contributed by atoms with Crippen molar-refractivity contribution in [3.63, 3.8) is 0 Å². The summed E-state index contributed by atoms with van der Waals surface area (Å²) in [5.41, 5.74) is 8.88. The maximum Gasteiger partial charge on any atom is 0.490 e. The molecule has 0 bridgehead atoms. The summed E-state index contributed by atoms with van der Waals surface area (Å²) in [7, 11) is 0. The zero-order valence-electron chi connectivity index (χ0n) is 14.2. The van der Waals surface area contributed by atoms with E-state index < -0.39 is 12.1 Å². The third-order valence-corrected chi connectivity index (χ3v) is 3.92. The minimum Gasteiger partial charge on any atom is -0.475 e. The number of hydrogen-bond acceptors (Lipinski definition) is 4. The van der Waals surface area contributed by atoms with Gasteiger partial charge < -0.3 is 10.8 Å². The summed E-state index contributed by atoms with van der Waals surface area (Å²) in [5, 5.41) is 16.6. The lowest BCUT2D eigenvalue weighted by molar-refractivity contribution is -0.192. The average molecular weight is 416 g/mol. The molecule has 0 amide bonds. The number of fused-ring (bicyclic) bond motifs is 1. The lowest BCUT2D eigenvalue weighted by Gasteiger charge is -2.13. The molecule has 0 aliphatic heterocycles. The van der Waals surface area contributed by atoms with Gasteiger partial charge in [0.1, 0.15) is 11.3 Å². The molecule has 10 heteroatoms. The molecule has 3 N–H and O–H groups in total. The highest BCUT2D eigenvalue weighted by atomic mass is 35.5. The molecule has 0 saturated heterocycles. The van der Waals surface area contributed by atoms with Gasteiger partial charge in [0, 0.05) is 10.9 Å². The quantitative estimate of drug-likeness (QED) is 0.625. The molecule has 0 aliphatic rings. The van der Waals surface area contributed by atoms with Crippen LogP contribution in [0.5, 0.6) is 0 Å². The monoisotopic (exact) mass is 415 g/mol. The second kappa shape index (κ2) is 8.94. The first-order valence-electron chi connectivity index (χ1n) is 7.84. The van der Waals surface area contributed by atoms with Crippen LogP contribution in [0.1, 0.15) is 5.56 Å². The Bertz CT molecular complexity index is 996. The summed E-state index contributed by atoms with van der Waals surface area (Å²) in [6, 6.07) is 10.1. The normalized spacial score (nSPS) is 11.1. The van der Waals surface area contributed by atoms with Gasteiger partial charge in [-0.25, -0.2) is 9.18 Å². The van der Waals surface area contributed by atoms with Gasteiger partial charge in [0.15, 0.2) is 0 Å². The van der Waals surface area contributed by atoms with E-state index in [9.17, 15) is 17.6 Å². The molecule has 0 aliphatic carbocycles. The number of carbonyl (C=O) groups is 1. The minimum absolute atomic E-state index is 0.293. The van der Waals surface area contributed by atoms with Gasteiger partial charge in [0.2, 0.25) is 0 Å². The van der Waals surface area contributed by atoms with Gasteiger partial charge >= 0.3 is 12.1 Å². The van der Waals surface area contributed by atoms with Gasteiger partial charge in [0.05, 0.1) is 11.2 Å². The van der Waals surface area contributed by atoms with Crippen molar-refractivity contribution in [2.75, 3.05) is 6.54 Å². The fourth-order valence-electron chi connectivity index (χ4n) is 2.48. The van der Waals surface area contributed by atoms with Crippen LogP contribution in [0, 0.1) is 5.82 Å². The van der Waals surface area contributed by atoms with Gasteiger partial charge in [0.25, 0.3) is 0 Å². The van der Waals surface area contributed by atoms with E-state index in [0.29, 0.717) is 23.5 Å². The zero-order chi connectivity index (χ0) is 20.9. The second-order valence-electron chi connectivity index (χ2n) is 5.54. The first kappa shape index (κ1) is 21.5. The Morgan fingerprint density at radius 1 is 1.21 bits per heavy atom. The number of benzene rings is 2. The average Bonchev–Trinajstić information content (AvgIpc) is 2.62. The Kier molecular flexibility index (Phi) is 6.87. The number of rotatable bonds is 3. The van der Waals surface area contributed by atoms with Gasteiger partial charge in [-0.1, -0.05) is 23.7 Å². The van der Waals surface area contributed by atoms with Crippen LogP contribution in [0.3, 0.4) is 0 Å². The largest absolute Gasteiger partial charge is 0.490 e. The summed E-state index contributed by atoms with van der Waals surface area (Å²) in [6.45, 7) is 0.477. The first-order chi connectivity index (χ1) is 13.1. The van der Waals surface area contributed by atoms with Crippen molar-refractivity contribution in [3.8, 4) is 11.1 Å².